The molecule has 9 nitrogen and oxygen atoms in total. The maximum atomic E-state index is 12.2. The molecule has 2 heterocycles. The molecule has 148 valence electrons. The van der Waals surface area contributed by atoms with Crippen LogP contribution in [0.25, 0.3) is 0 Å². The average Bonchev–Trinajstić information content (AvgIpc) is 2.54. The number of ether oxygens (including phenoxy) is 1. The molecule has 1 fully saturated rings. The maximum absolute atomic E-state index is 12.2. The highest BCUT2D eigenvalue weighted by atomic mass is 16.6. The zero-order valence-electron chi connectivity index (χ0n) is 15.3. The molecule has 27 heavy (non-hydrogen) atoms. The minimum atomic E-state index is -3.09. The number of rotatable bonds is 5. The number of benzene rings is 1. The first-order chi connectivity index (χ1) is 12.6. The summed E-state index contributed by atoms with van der Waals surface area (Å²) in [5, 5.41) is 29.1. The molecule has 2 aliphatic heterocycles. The van der Waals surface area contributed by atoms with Gasteiger partial charge in [-0.15, -0.1) is 0 Å². The number of hydrogen-bond donors (Lipinski definition) is 4. The van der Waals surface area contributed by atoms with Crippen molar-refractivity contribution in [2.75, 3.05) is 13.1 Å². The van der Waals surface area contributed by atoms with E-state index in [-0.39, 0.29) is 41.3 Å². The zero-order chi connectivity index (χ0) is 19.9. The molecule has 2 aliphatic rings. The number of carbonyl (C=O) groups excluding carboxylic acids is 1. The van der Waals surface area contributed by atoms with Crippen LogP contribution < -0.4 is 15.1 Å². The van der Waals surface area contributed by atoms with E-state index in [9.17, 15) is 24.7 Å². The average molecular weight is 379 g/mol. The van der Waals surface area contributed by atoms with Crippen molar-refractivity contribution in [1.82, 2.24) is 4.90 Å². The van der Waals surface area contributed by atoms with E-state index in [1.807, 2.05) is 13.8 Å². The van der Waals surface area contributed by atoms with Gasteiger partial charge >= 0.3 is 12.7 Å². The number of nitrogens with two attached hydrogens (primary N) is 1. The first-order valence-corrected chi connectivity index (χ1v) is 8.98. The molecule has 0 bridgehead atoms. The fraction of sp³-hybridized carbons (Fsp3) is 0.529. The van der Waals surface area contributed by atoms with Crippen molar-refractivity contribution in [2.24, 2.45) is 11.7 Å². The molecule has 1 saturated heterocycles. The molecule has 1 aromatic rings. The second-order valence-electron chi connectivity index (χ2n) is 7.50. The summed E-state index contributed by atoms with van der Waals surface area (Å²) in [6.07, 6.45) is -0.0735. The molecule has 1 atom stereocenters. The Hall–Kier alpha value is -2.30. The van der Waals surface area contributed by atoms with Gasteiger partial charge in [-0.2, -0.15) is 0 Å². The third-order valence-corrected chi connectivity index (χ3v) is 4.97. The fourth-order valence-corrected chi connectivity index (χ4v) is 3.20. The number of aromatic carboxylic acids is 1. The normalized spacial score (nSPS) is 19.7. The SMILES string of the molecule is CC(C)[C@H](N)C(=O)N1CC(Oc2ccc3c(c2C(=O)O)O[B-](O)(O)CC3)C1. The van der Waals surface area contributed by atoms with Crippen LogP contribution in [0.4, 0.5) is 0 Å². The van der Waals surface area contributed by atoms with Crippen molar-refractivity contribution in [2.45, 2.75) is 38.7 Å². The van der Waals surface area contributed by atoms with Crippen LogP contribution in [0.3, 0.4) is 0 Å². The molecule has 0 aromatic heterocycles. The highest BCUT2D eigenvalue weighted by Crippen LogP contribution is 2.38. The van der Waals surface area contributed by atoms with Gasteiger partial charge in [0.15, 0.2) is 0 Å². The summed E-state index contributed by atoms with van der Waals surface area (Å²) in [5.41, 5.74) is 6.19. The first-order valence-electron chi connectivity index (χ1n) is 8.98. The van der Waals surface area contributed by atoms with Gasteiger partial charge in [-0.3, -0.25) is 4.79 Å². The van der Waals surface area contributed by atoms with Crippen molar-refractivity contribution < 1.29 is 34.1 Å². The van der Waals surface area contributed by atoms with Gasteiger partial charge in [0.1, 0.15) is 17.4 Å². The Morgan fingerprint density at radius 2 is 2.00 bits per heavy atom. The second kappa shape index (κ2) is 7.03. The molecule has 0 radical (unpaired) electrons. The van der Waals surface area contributed by atoms with Gasteiger partial charge in [0.25, 0.3) is 0 Å². The van der Waals surface area contributed by atoms with Crippen LogP contribution in [0.5, 0.6) is 11.5 Å². The lowest BCUT2D eigenvalue weighted by Crippen LogP contribution is -2.60. The number of aryl methyl sites for hydroxylation is 1. The molecule has 0 aliphatic carbocycles. The van der Waals surface area contributed by atoms with Crippen molar-refractivity contribution in [1.29, 1.82) is 0 Å². The number of likely N-dealkylation sites (tertiary alicyclic amines) is 1. The number of carboxylic acids is 1. The molecule has 0 unspecified atom stereocenters. The number of hydrogen-bond acceptors (Lipinski definition) is 7. The molecular weight excluding hydrogens is 355 g/mol. The Kier molecular flexibility index (Phi) is 5.07. The summed E-state index contributed by atoms with van der Waals surface area (Å²) in [6, 6.07) is 2.60. The summed E-state index contributed by atoms with van der Waals surface area (Å²) in [6.45, 7) is 1.27. The quantitative estimate of drug-likeness (QED) is 0.516. The Labute approximate surface area is 156 Å². The van der Waals surface area contributed by atoms with Crippen LogP contribution >= 0.6 is 0 Å². The molecule has 3 rings (SSSR count). The van der Waals surface area contributed by atoms with Gasteiger partial charge in [0, 0.05) is 0 Å². The summed E-state index contributed by atoms with van der Waals surface area (Å²) >= 11 is 0. The molecule has 10 heteroatoms. The van der Waals surface area contributed by atoms with E-state index in [1.54, 1.807) is 11.0 Å². The number of amides is 1. The van der Waals surface area contributed by atoms with Crippen LogP contribution in [0.15, 0.2) is 12.1 Å². The minimum absolute atomic E-state index is 0.00205. The molecule has 1 amide bonds. The molecule has 1 aromatic carbocycles. The largest absolute Gasteiger partial charge is 0.669 e. The van der Waals surface area contributed by atoms with Gasteiger partial charge in [-0.05, 0) is 24.0 Å². The summed E-state index contributed by atoms with van der Waals surface area (Å²) in [7, 11) is 0. The minimum Gasteiger partial charge on any atom is -0.669 e. The Bertz CT molecular complexity index is 762. The second-order valence-corrected chi connectivity index (χ2v) is 7.50. The third kappa shape index (κ3) is 3.87. The smallest absolute Gasteiger partial charge is 0.430 e. The summed E-state index contributed by atoms with van der Waals surface area (Å²) < 4.78 is 10.9. The van der Waals surface area contributed by atoms with E-state index in [4.69, 9.17) is 15.1 Å². The number of fused-ring (bicyclic) bond motifs is 1. The van der Waals surface area contributed by atoms with E-state index in [0.29, 0.717) is 25.1 Å². The predicted molar refractivity (Wildman–Crippen MR) is 96.5 cm³/mol. The lowest BCUT2D eigenvalue weighted by atomic mass is 9.70. The van der Waals surface area contributed by atoms with Crippen molar-refractivity contribution in [3.05, 3.63) is 23.3 Å². The van der Waals surface area contributed by atoms with Crippen molar-refractivity contribution >= 4 is 18.6 Å². The topological polar surface area (TPSA) is 143 Å². The Balaban J connectivity index is 1.74. The van der Waals surface area contributed by atoms with Gasteiger partial charge in [-0.25, -0.2) is 4.79 Å². The number of carboxylic acid groups (broad SMARTS) is 1. The molecule has 0 saturated carbocycles. The first kappa shape index (κ1) is 19.5. The Morgan fingerprint density at radius 3 is 2.59 bits per heavy atom. The van der Waals surface area contributed by atoms with E-state index >= 15 is 0 Å². The van der Waals surface area contributed by atoms with Crippen LogP contribution in [-0.2, 0) is 11.2 Å². The number of carbonyl (C=O) groups is 2. The number of nitrogens with zero attached hydrogens (tertiary/aromatic N) is 1. The predicted octanol–water partition coefficient (Wildman–Crippen LogP) is -0.184. The van der Waals surface area contributed by atoms with E-state index in [0.717, 1.165) is 0 Å². The van der Waals surface area contributed by atoms with Crippen LogP contribution in [0.2, 0.25) is 6.32 Å². The zero-order valence-corrected chi connectivity index (χ0v) is 15.3. The lowest BCUT2D eigenvalue weighted by molar-refractivity contribution is -0.142. The van der Waals surface area contributed by atoms with Gasteiger partial charge in [0.05, 0.1) is 24.9 Å². The van der Waals surface area contributed by atoms with Crippen LogP contribution in [-0.4, -0.2) is 63.9 Å². The molecular formula is C17H24BN2O7-. The highest BCUT2D eigenvalue weighted by Gasteiger charge is 2.37. The Morgan fingerprint density at radius 1 is 1.33 bits per heavy atom. The van der Waals surface area contributed by atoms with E-state index in [2.05, 4.69) is 0 Å². The monoisotopic (exact) mass is 379 g/mol. The summed E-state index contributed by atoms with van der Waals surface area (Å²) in [5.74, 6) is -1.44. The fourth-order valence-electron chi connectivity index (χ4n) is 3.20. The van der Waals surface area contributed by atoms with Gasteiger partial charge < -0.3 is 35.2 Å². The highest BCUT2D eigenvalue weighted by molar-refractivity contribution is 6.59. The summed E-state index contributed by atoms with van der Waals surface area (Å²) in [4.78, 5) is 25.5. The van der Waals surface area contributed by atoms with E-state index < -0.39 is 18.8 Å². The van der Waals surface area contributed by atoms with Crippen LogP contribution in [0, 0.1) is 5.92 Å². The van der Waals surface area contributed by atoms with Crippen LogP contribution in [0.1, 0.15) is 29.8 Å². The van der Waals surface area contributed by atoms with Gasteiger partial charge in [0.2, 0.25) is 5.91 Å². The van der Waals surface area contributed by atoms with Crippen molar-refractivity contribution in [3.8, 4) is 11.5 Å². The molecule has 0 spiro atoms. The van der Waals surface area contributed by atoms with Crippen molar-refractivity contribution in [3.63, 3.8) is 0 Å². The standard InChI is InChI=1S/C17H24BN2O7/c1-9(2)14(19)16(21)20-7-11(8-20)26-12-4-3-10-5-6-18(24,25)27-15(10)13(12)17(22)23/h3-4,9,11,14,24-25H,5-8,19H2,1-2H3,(H,22,23)/q-1/t14-/m0/s1. The lowest BCUT2D eigenvalue weighted by Gasteiger charge is -2.41. The molecule has 5 N–H and O–H groups in total. The van der Waals surface area contributed by atoms with Gasteiger partial charge in [-0.1, -0.05) is 26.2 Å². The third-order valence-electron chi connectivity index (χ3n) is 4.97. The maximum Gasteiger partial charge on any atom is 0.430 e. The van der Waals surface area contributed by atoms with E-state index in [1.165, 1.54) is 6.07 Å².